The zero-order valence-electron chi connectivity index (χ0n) is 16.0. The molecule has 27 heavy (non-hydrogen) atoms. The van der Waals surface area contributed by atoms with Crippen LogP contribution in [0.2, 0.25) is 0 Å². The molecule has 2 aromatic carbocycles. The predicted molar refractivity (Wildman–Crippen MR) is 108 cm³/mol. The number of carbonyl (C=O) groups is 1. The first-order chi connectivity index (χ1) is 13.0. The largest absolute Gasteiger partial charge is 0.494 e. The van der Waals surface area contributed by atoms with Crippen LogP contribution in [0.5, 0.6) is 5.75 Å². The molecule has 0 bridgehead atoms. The molecule has 6 heteroatoms. The summed E-state index contributed by atoms with van der Waals surface area (Å²) in [6.45, 7) is 6.17. The monoisotopic (exact) mass is 381 g/mol. The molecule has 3 aromatic rings. The van der Waals surface area contributed by atoms with Gasteiger partial charge in [-0.1, -0.05) is 36.0 Å². The Kier molecular flexibility index (Phi) is 5.96. The summed E-state index contributed by atoms with van der Waals surface area (Å²) in [5.41, 5.74) is 3.91. The number of hydrogen-bond donors (Lipinski definition) is 0. The van der Waals surface area contributed by atoms with E-state index in [1.54, 1.807) is 24.8 Å². The summed E-state index contributed by atoms with van der Waals surface area (Å²) in [6.07, 6.45) is 0. The molecule has 140 valence electrons. The number of ether oxygens (including phenoxy) is 1. The SMILES string of the molecule is CCOc1ccc(C(C)=O)cc1CSc1nnc(-c2ccccc2C)n1C. The van der Waals surface area contributed by atoms with Crippen molar-refractivity contribution in [2.45, 2.75) is 31.7 Å². The molecule has 0 unspecified atom stereocenters. The fourth-order valence-corrected chi connectivity index (χ4v) is 3.74. The average molecular weight is 382 g/mol. The van der Waals surface area contributed by atoms with Gasteiger partial charge < -0.3 is 9.30 Å². The Morgan fingerprint density at radius 2 is 1.96 bits per heavy atom. The Morgan fingerprint density at radius 1 is 1.19 bits per heavy atom. The van der Waals surface area contributed by atoms with E-state index < -0.39 is 0 Å². The van der Waals surface area contributed by atoms with Crippen molar-refractivity contribution >= 4 is 17.5 Å². The lowest BCUT2D eigenvalue weighted by atomic mass is 10.1. The lowest BCUT2D eigenvalue weighted by molar-refractivity contribution is 0.101. The van der Waals surface area contributed by atoms with Gasteiger partial charge in [-0.3, -0.25) is 4.79 Å². The van der Waals surface area contributed by atoms with Crippen molar-refractivity contribution in [2.75, 3.05) is 6.61 Å². The molecular weight excluding hydrogens is 358 g/mol. The Labute approximate surface area is 163 Å². The summed E-state index contributed by atoms with van der Waals surface area (Å²) in [7, 11) is 1.97. The van der Waals surface area contributed by atoms with Crippen LogP contribution in [-0.4, -0.2) is 27.2 Å². The average Bonchev–Trinajstić information content (AvgIpc) is 3.02. The van der Waals surface area contributed by atoms with Gasteiger partial charge in [-0.2, -0.15) is 0 Å². The third kappa shape index (κ3) is 4.22. The number of hydrogen-bond acceptors (Lipinski definition) is 5. The molecule has 3 rings (SSSR count). The van der Waals surface area contributed by atoms with Crippen molar-refractivity contribution in [1.29, 1.82) is 0 Å². The summed E-state index contributed by atoms with van der Waals surface area (Å²) < 4.78 is 7.72. The molecule has 0 spiro atoms. The number of carbonyl (C=O) groups excluding carboxylic acids is 1. The molecule has 0 aliphatic carbocycles. The quantitative estimate of drug-likeness (QED) is 0.439. The summed E-state index contributed by atoms with van der Waals surface area (Å²) in [4.78, 5) is 11.7. The van der Waals surface area contributed by atoms with E-state index in [1.165, 1.54) is 0 Å². The summed E-state index contributed by atoms with van der Waals surface area (Å²) in [5, 5.41) is 9.54. The maximum Gasteiger partial charge on any atom is 0.191 e. The van der Waals surface area contributed by atoms with Crippen molar-refractivity contribution in [3.05, 3.63) is 59.2 Å². The van der Waals surface area contributed by atoms with Gasteiger partial charge >= 0.3 is 0 Å². The summed E-state index contributed by atoms with van der Waals surface area (Å²) in [5.74, 6) is 2.34. The third-order valence-electron chi connectivity index (χ3n) is 4.34. The fraction of sp³-hybridized carbons (Fsp3) is 0.286. The van der Waals surface area contributed by atoms with Crippen molar-refractivity contribution < 1.29 is 9.53 Å². The molecule has 0 amide bonds. The molecule has 0 saturated heterocycles. The van der Waals surface area contributed by atoms with Crippen LogP contribution in [0, 0.1) is 6.92 Å². The van der Waals surface area contributed by atoms with Gasteiger partial charge in [-0.25, -0.2) is 0 Å². The van der Waals surface area contributed by atoms with Crippen molar-refractivity contribution in [2.24, 2.45) is 7.05 Å². The highest BCUT2D eigenvalue weighted by Gasteiger charge is 2.14. The molecule has 0 fully saturated rings. The predicted octanol–water partition coefficient (Wildman–Crippen LogP) is 4.68. The zero-order chi connectivity index (χ0) is 19.4. The summed E-state index contributed by atoms with van der Waals surface area (Å²) >= 11 is 1.58. The Balaban J connectivity index is 1.84. The van der Waals surface area contributed by atoms with Gasteiger partial charge in [0.25, 0.3) is 0 Å². The van der Waals surface area contributed by atoms with Crippen LogP contribution in [0.15, 0.2) is 47.6 Å². The minimum Gasteiger partial charge on any atom is -0.494 e. The normalized spacial score (nSPS) is 10.8. The van der Waals surface area contributed by atoms with E-state index in [0.29, 0.717) is 17.9 Å². The van der Waals surface area contributed by atoms with Crippen LogP contribution >= 0.6 is 11.8 Å². The Hall–Kier alpha value is -2.60. The molecule has 1 aromatic heterocycles. The minimum absolute atomic E-state index is 0.0461. The number of ketones is 1. The maximum absolute atomic E-state index is 11.7. The van der Waals surface area contributed by atoms with Crippen molar-refractivity contribution in [3.63, 3.8) is 0 Å². The van der Waals surface area contributed by atoms with Crippen LogP contribution in [0.4, 0.5) is 0 Å². The fourth-order valence-electron chi connectivity index (χ4n) is 2.85. The van der Waals surface area contributed by atoms with Gasteiger partial charge in [0.2, 0.25) is 0 Å². The third-order valence-corrected chi connectivity index (χ3v) is 5.41. The molecule has 0 saturated carbocycles. The molecule has 0 radical (unpaired) electrons. The van der Waals surface area contributed by atoms with E-state index in [4.69, 9.17) is 4.74 Å². The summed E-state index contributed by atoms with van der Waals surface area (Å²) in [6, 6.07) is 13.7. The molecule has 0 atom stereocenters. The molecule has 0 aliphatic rings. The minimum atomic E-state index is 0.0461. The van der Waals surface area contributed by atoms with Crippen LogP contribution in [0.3, 0.4) is 0 Å². The van der Waals surface area contributed by atoms with Gasteiger partial charge in [0.05, 0.1) is 6.61 Å². The standard InChI is InChI=1S/C21H23N3O2S/c1-5-26-19-11-10-16(15(3)25)12-17(19)13-27-21-23-22-20(24(21)4)18-9-7-6-8-14(18)2/h6-12H,5,13H2,1-4H3. The van der Waals surface area contributed by atoms with Crippen molar-refractivity contribution in [3.8, 4) is 17.1 Å². The van der Waals surface area contributed by atoms with Crippen LogP contribution in [0.25, 0.3) is 11.4 Å². The number of benzene rings is 2. The molecule has 5 nitrogen and oxygen atoms in total. The number of aromatic nitrogens is 3. The van der Waals surface area contributed by atoms with Gasteiger partial charge in [0.15, 0.2) is 16.8 Å². The molecule has 1 heterocycles. The van der Waals surface area contributed by atoms with Gasteiger partial charge in [-0.15, -0.1) is 10.2 Å². The number of rotatable bonds is 7. The smallest absolute Gasteiger partial charge is 0.191 e. The number of aryl methyl sites for hydroxylation is 1. The van der Waals surface area contributed by atoms with Gasteiger partial charge in [0.1, 0.15) is 5.75 Å². The highest BCUT2D eigenvalue weighted by molar-refractivity contribution is 7.98. The molecular formula is C21H23N3O2S. The molecule has 0 N–H and O–H groups in total. The van der Waals surface area contributed by atoms with Gasteiger partial charge in [-0.05, 0) is 44.5 Å². The lowest BCUT2D eigenvalue weighted by Crippen LogP contribution is -2.00. The maximum atomic E-state index is 11.7. The lowest BCUT2D eigenvalue weighted by Gasteiger charge is -2.11. The highest BCUT2D eigenvalue weighted by atomic mass is 32.2. The second-order valence-corrected chi connectivity index (χ2v) is 7.22. The first-order valence-corrected chi connectivity index (χ1v) is 9.84. The number of Topliss-reactive ketones (excluding diaryl/α,β-unsaturated/α-hetero) is 1. The van der Waals surface area contributed by atoms with E-state index in [0.717, 1.165) is 33.4 Å². The first kappa shape index (κ1) is 19.2. The van der Waals surface area contributed by atoms with E-state index in [2.05, 4.69) is 29.3 Å². The van der Waals surface area contributed by atoms with Gasteiger partial charge in [0, 0.05) is 29.5 Å². The van der Waals surface area contributed by atoms with Crippen LogP contribution < -0.4 is 4.74 Å². The zero-order valence-corrected chi connectivity index (χ0v) is 16.8. The topological polar surface area (TPSA) is 57.0 Å². The number of nitrogens with zero attached hydrogens (tertiary/aromatic N) is 3. The second-order valence-electron chi connectivity index (χ2n) is 6.28. The number of thioether (sulfide) groups is 1. The highest BCUT2D eigenvalue weighted by Crippen LogP contribution is 2.30. The van der Waals surface area contributed by atoms with E-state index in [1.807, 2.05) is 42.8 Å². The first-order valence-electron chi connectivity index (χ1n) is 8.86. The van der Waals surface area contributed by atoms with E-state index in [9.17, 15) is 4.79 Å². The second kappa shape index (κ2) is 8.39. The Morgan fingerprint density at radius 3 is 2.67 bits per heavy atom. The van der Waals surface area contributed by atoms with Crippen LogP contribution in [0.1, 0.15) is 35.3 Å². The Bertz CT molecular complexity index is 966. The van der Waals surface area contributed by atoms with Crippen molar-refractivity contribution in [1.82, 2.24) is 14.8 Å². The van der Waals surface area contributed by atoms with Crippen LogP contribution in [-0.2, 0) is 12.8 Å². The molecule has 0 aliphatic heterocycles. The van der Waals surface area contributed by atoms with E-state index >= 15 is 0 Å². The van der Waals surface area contributed by atoms with E-state index in [-0.39, 0.29) is 5.78 Å².